The highest BCUT2D eigenvalue weighted by Crippen LogP contribution is 2.24. The molecule has 0 radical (unpaired) electrons. The standard InChI is InChI=1S/C28H29N3O4/c32-26(16-15-25(28(34)35)29-27(33)23-9-5-2-6-10-23)31-19-17-30(18-20-31)24-13-11-22(12-14-24)21-7-3-1-4-8-21/h1-14,25H,15-20H2,(H,29,33)(H,34,35)/t25-/m0/s1. The highest BCUT2D eigenvalue weighted by molar-refractivity contribution is 5.96. The molecule has 1 saturated heterocycles. The first-order valence-corrected chi connectivity index (χ1v) is 11.8. The summed E-state index contributed by atoms with van der Waals surface area (Å²) in [6.45, 7) is 2.58. The molecule has 0 aliphatic carbocycles. The van der Waals surface area contributed by atoms with Gasteiger partial charge in [-0.25, -0.2) is 4.79 Å². The number of carboxylic acid groups (broad SMARTS) is 1. The number of carbonyl (C=O) groups excluding carboxylic acids is 2. The molecule has 0 bridgehead atoms. The van der Waals surface area contributed by atoms with E-state index >= 15 is 0 Å². The van der Waals surface area contributed by atoms with Crippen molar-refractivity contribution in [2.45, 2.75) is 18.9 Å². The maximum Gasteiger partial charge on any atom is 0.326 e. The van der Waals surface area contributed by atoms with Crippen LogP contribution in [0.5, 0.6) is 0 Å². The molecule has 0 unspecified atom stereocenters. The van der Waals surface area contributed by atoms with Gasteiger partial charge < -0.3 is 20.2 Å². The molecule has 0 spiro atoms. The van der Waals surface area contributed by atoms with Gasteiger partial charge in [-0.3, -0.25) is 9.59 Å². The van der Waals surface area contributed by atoms with E-state index in [0.717, 1.165) is 11.3 Å². The molecular formula is C28H29N3O4. The van der Waals surface area contributed by atoms with Crippen LogP contribution in [0.2, 0.25) is 0 Å². The molecule has 1 fully saturated rings. The number of anilines is 1. The van der Waals surface area contributed by atoms with Crippen LogP contribution in [-0.2, 0) is 9.59 Å². The van der Waals surface area contributed by atoms with Gasteiger partial charge in [0, 0.05) is 43.9 Å². The van der Waals surface area contributed by atoms with Crippen molar-refractivity contribution in [1.82, 2.24) is 10.2 Å². The third kappa shape index (κ3) is 6.26. The smallest absolute Gasteiger partial charge is 0.326 e. The number of nitrogens with zero attached hydrogens (tertiary/aromatic N) is 2. The van der Waals surface area contributed by atoms with Gasteiger partial charge in [0.2, 0.25) is 5.91 Å². The predicted molar refractivity (Wildman–Crippen MR) is 135 cm³/mol. The number of benzene rings is 3. The summed E-state index contributed by atoms with van der Waals surface area (Å²) in [6, 6.07) is 26.0. The van der Waals surface area contributed by atoms with Crippen molar-refractivity contribution in [2.24, 2.45) is 0 Å². The van der Waals surface area contributed by atoms with E-state index < -0.39 is 17.9 Å². The Labute approximate surface area is 205 Å². The minimum Gasteiger partial charge on any atom is -0.480 e. The zero-order valence-electron chi connectivity index (χ0n) is 19.5. The Bertz CT molecular complexity index is 1140. The fourth-order valence-electron chi connectivity index (χ4n) is 4.22. The zero-order valence-corrected chi connectivity index (χ0v) is 19.5. The van der Waals surface area contributed by atoms with Crippen molar-refractivity contribution in [3.8, 4) is 11.1 Å². The largest absolute Gasteiger partial charge is 0.480 e. The van der Waals surface area contributed by atoms with E-state index in [2.05, 4.69) is 46.6 Å². The van der Waals surface area contributed by atoms with Crippen LogP contribution in [0, 0.1) is 0 Å². The van der Waals surface area contributed by atoms with E-state index in [-0.39, 0.29) is 18.7 Å². The van der Waals surface area contributed by atoms with Crippen molar-refractivity contribution in [3.63, 3.8) is 0 Å². The van der Waals surface area contributed by atoms with E-state index in [0.29, 0.717) is 31.7 Å². The van der Waals surface area contributed by atoms with Crippen LogP contribution in [0.3, 0.4) is 0 Å². The van der Waals surface area contributed by atoms with E-state index in [1.165, 1.54) is 5.56 Å². The quantitative estimate of drug-likeness (QED) is 0.523. The maximum absolute atomic E-state index is 12.7. The molecule has 0 saturated carbocycles. The predicted octanol–water partition coefficient (Wildman–Crippen LogP) is 3.67. The Hall–Kier alpha value is -4.13. The van der Waals surface area contributed by atoms with Gasteiger partial charge >= 0.3 is 5.97 Å². The number of aliphatic carboxylic acids is 1. The lowest BCUT2D eigenvalue weighted by atomic mass is 10.1. The van der Waals surface area contributed by atoms with Gasteiger partial charge in [-0.05, 0) is 41.8 Å². The van der Waals surface area contributed by atoms with Crippen molar-refractivity contribution in [3.05, 3.63) is 90.5 Å². The highest BCUT2D eigenvalue weighted by Gasteiger charge is 2.25. The number of carbonyl (C=O) groups is 3. The minimum atomic E-state index is -1.15. The van der Waals surface area contributed by atoms with Gasteiger partial charge in [0.1, 0.15) is 6.04 Å². The molecule has 7 nitrogen and oxygen atoms in total. The fourth-order valence-corrected chi connectivity index (χ4v) is 4.22. The van der Waals surface area contributed by atoms with Gasteiger partial charge in [0.25, 0.3) is 5.91 Å². The zero-order chi connectivity index (χ0) is 24.6. The number of piperazine rings is 1. The fraction of sp³-hybridized carbons (Fsp3) is 0.250. The first kappa shape index (κ1) is 24.0. The number of hydrogen-bond donors (Lipinski definition) is 2. The van der Waals surface area contributed by atoms with Crippen LogP contribution in [0.1, 0.15) is 23.2 Å². The Kier molecular flexibility index (Phi) is 7.77. The van der Waals surface area contributed by atoms with E-state index in [9.17, 15) is 19.5 Å². The summed E-state index contributed by atoms with van der Waals surface area (Å²) in [5, 5.41) is 12.0. The number of carboxylic acids is 1. The summed E-state index contributed by atoms with van der Waals surface area (Å²) in [4.78, 5) is 40.7. The highest BCUT2D eigenvalue weighted by atomic mass is 16.4. The summed E-state index contributed by atoms with van der Waals surface area (Å²) >= 11 is 0. The first-order valence-electron chi connectivity index (χ1n) is 11.8. The number of nitrogens with one attached hydrogen (secondary N) is 1. The topological polar surface area (TPSA) is 90.0 Å². The summed E-state index contributed by atoms with van der Waals surface area (Å²) in [7, 11) is 0. The molecule has 3 aromatic rings. The lowest BCUT2D eigenvalue weighted by Gasteiger charge is -2.36. The Morgan fingerprint density at radius 2 is 1.34 bits per heavy atom. The molecule has 2 amide bonds. The average Bonchev–Trinajstić information content (AvgIpc) is 2.91. The molecule has 0 aromatic heterocycles. The first-order chi connectivity index (χ1) is 17.0. The van der Waals surface area contributed by atoms with E-state index in [1.54, 1.807) is 35.2 Å². The average molecular weight is 472 g/mol. The lowest BCUT2D eigenvalue weighted by Crippen LogP contribution is -2.49. The number of rotatable bonds is 8. The van der Waals surface area contributed by atoms with Crippen molar-refractivity contribution < 1.29 is 19.5 Å². The van der Waals surface area contributed by atoms with Gasteiger partial charge in [0.15, 0.2) is 0 Å². The molecule has 1 aliphatic heterocycles. The molecule has 4 rings (SSSR count). The summed E-state index contributed by atoms with van der Waals surface area (Å²) in [6.07, 6.45) is 0.117. The van der Waals surface area contributed by atoms with Crippen LogP contribution in [-0.4, -0.2) is 60.0 Å². The van der Waals surface area contributed by atoms with Crippen LogP contribution < -0.4 is 10.2 Å². The van der Waals surface area contributed by atoms with E-state index in [4.69, 9.17) is 0 Å². The molecule has 35 heavy (non-hydrogen) atoms. The van der Waals surface area contributed by atoms with Crippen molar-refractivity contribution in [1.29, 1.82) is 0 Å². The van der Waals surface area contributed by atoms with Gasteiger partial charge in [0.05, 0.1) is 0 Å². The van der Waals surface area contributed by atoms with Gasteiger partial charge in [-0.1, -0.05) is 60.7 Å². The summed E-state index contributed by atoms with van der Waals surface area (Å²) in [5.41, 5.74) is 3.84. The van der Waals surface area contributed by atoms with Gasteiger partial charge in [-0.15, -0.1) is 0 Å². The Morgan fingerprint density at radius 3 is 1.94 bits per heavy atom. The molecule has 2 N–H and O–H groups in total. The molecule has 1 atom stereocenters. The van der Waals surface area contributed by atoms with Crippen LogP contribution >= 0.6 is 0 Å². The second-order valence-electron chi connectivity index (χ2n) is 8.55. The molecule has 1 heterocycles. The molecule has 7 heteroatoms. The maximum atomic E-state index is 12.7. The van der Waals surface area contributed by atoms with Crippen LogP contribution in [0.25, 0.3) is 11.1 Å². The Morgan fingerprint density at radius 1 is 0.771 bits per heavy atom. The van der Waals surface area contributed by atoms with E-state index in [1.807, 2.05) is 18.2 Å². The SMILES string of the molecule is O=C(N[C@@H](CCC(=O)N1CCN(c2ccc(-c3ccccc3)cc2)CC1)C(=O)O)c1ccccc1. The normalized spacial score (nSPS) is 14.3. The number of amides is 2. The van der Waals surface area contributed by atoms with Crippen molar-refractivity contribution >= 4 is 23.5 Å². The third-order valence-electron chi connectivity index (χ3n) is 6.26. The van der Waals surface area contributed by atoms with Crippen molar-refractivity contribution in [2.75, 3.05) is 31.1 Å². The minimum absolute atomic E-state index is 0.0495. The summed E-state index contributed by atoms with van der Waals surface area (Å²) < 4.78 is 0. The third-order valence-corrected chi connectivity index (χ3v) is 6.26. The molecular weight excluding hydrogens is 442 g/mol. The summed E-state index contributed by atoms with van der Waals surface area (Å²) in [5.74, 6) is -1.70. The monoisotopic (exact) mass is 471 g/mol. The van der Waals surface area contributed by atoms with Gasteiger partial charge in [-0.2, -0.15) is 0 Å². The van der Waals surface area contributed by atoms with Crippen LogP contribution in [0.15, 0.2) is 84.9 Å². The van der Waals surface area contributed by atoms with Crippen LogP contribution in [0.4, 0.5) is 5.69 Å². The second kappa shape index (κ2) is 11.3. The second-order valence-corrected chi connectivity index (χ2v) is 8.55. The lowest BCUT2D eigenvalue weighted by molar-refractivity contribution is -0.139. The Balaban J connectivity index is 1.26. The number of hydrogen-bond acceptors (Lipinski definition) is 4. The molecule has 180 valence electrons. The molecule has 3 aromatic carbocycles. The molecule has 1 aliphatic rings.